The fourth-order valence-corrected chi connectivity index (χ4v) is 4.40. The lowest BCUT2D eigenvalue weighted by molar-refractivity contribution is -0.384. The maximum absolute atomic E-state index is 11.0. The summed E-state index contributed by atoms with van der Waals surface area (Å²) in [4.78, 5) is 15.6. The molecule has 0 aromatic heterocycles. The van der Waals surface area contributed by atoms with Crippen molar-refractivity contribution in [2.45, 2.75) is 45.1 Å². The number of benzene rings is 1. The van der Waals surface area contributed by atoms with Gasteiger partial charge in [0.25, 0.3) is 5.69 Å². The van der Waals surface area contributed by atoms with Crippen molar-refractivity contribution in [3.8, 4) is 0 Å². The summed E-state index contributed by atoms with van der Waals surface area (Å²) in [6, 6.07) is 5.28. The first-order valence-electron chi connectivity index (χ1n) is 8.11. The Morgan fingerprint density at radius 1 is 1.30 bits per heavy atom. The van der Waals surface area contributed by atoms with Gasteiger partial charge in [-0.15, -0.1) is 0 Å². The van der Waals surface area contributed by atoms with Crippen LogP contribution in [0.5, 0.6) is 0 Å². The Morgan fingerprint density at radius 2 is 2.09 bits per heavy atom. The number of rotatable bonds is 1. The normalized spacial score (nSPS) is 27.2. The fraction of sp³-hybridized carbons (Fsp3) is 0.421. The summed E-state index contributed by atoms with van der Waals surface area (Å²) in [5, 5.41) is 11.0. The lowest BCUT2D eigenvalue weighted by Gasteiger charge is -2.37. The van der Waals surface area contributed by atoms with E-state index >= 15 is 0 Å². The van der Waals surface area contributed by atoms with Crippen molar-refractivity contribution in [2.75, 3.05) is 0 Å². The van der Waals surface area contributed by atoms with Crippen LogP contribution in [0.4, 0.5) is 5.69 Å². The van der Waals surface area contributed by atoms with E-state index in [1.807, 2.05) is 6.07 Å². The van der Waals surface area contributed by atoms with Crippen LogP contribution in [-0.4, -0.2) is 16.2 Å². The van der Waals surface area contributed by atoms with Gasteiger partial charge in [0.15, 0.2) is 0 Å². The van der Waals surface area contributed by atoms with Crippen molar-refractivity contribution in [1.29, 1.82) is 0 Å². The molecule has 2 aliphatic carbocycles. The van der Waals surface area contributed by atoms with Crippen LogP contribution in [0.25, 0.3) is 6.08 Å². The molecular formula is C19H20N2O2. The highest BCUT2D eigenvalue weighted by Crippen LogP contribution is 2.49. The molecule has 0 radical (unpaired) electrons. The quantitative estimate of drug-likeness (QED) is 0.430. The third-order valence-electron chi connectivity index (χ3n) is 5.27. The van der Waals surface area contributed by atoms with E-state index in [0.717, 1.165) is 18.4 Å². The SMILES string of the molecule is CC1=CC(C)(C)N=C2CC3=Cc4cc([N+](=O)[O-])ccc4C3CC12. The highest BCUT2D eigenvalue weighted by atomic mass is 16.6. The first-order valence-corrected chi connectivity index (χ1v) is 8.11. The van der Waals surface area contributed by atoms with Crippen LogP contribution in [0.1, 0.15) is 50.7 Å². The summed E-state index contributed by atoms with van der Waals surface area (Å²) in [5.41, 5.74) is 6.36. The van der Waals surface area contributed by atoms with Crippen molar-refractivity contribution < 1.29 is 4.92 Å². The molecule has 1 aromatic rings. The summed E-state index contributed by atoms with van der Waals surface area (Å²) in [7, 11) is 0. The summed E-state index contributed by atoms with van der Waals surface area (Å²) < 4.78 is 0. The molecule has 0 amide bonds. The van der Waals surface area contributed by atoms with Crippen molar-refractivity contribution >= 4 is 17.5 Å². The van der Waals surface area contributed by atoms with Gasteiger partial charge in [0.2, 0.25) is 0 Å². The van der Waals surface area contributed by atoms with E-state index in [4.69, 9.17) is 4.99 Å². The minimum atomic E-state index is -0.319. The standard InChI is InChI=1S/C19H20N2O2/c1-11-10-19(2,3)20-18-8-13-6-12-7-14(21(22)23)4-5-15(12)17(13)9-16(11)18/h4-7,10,16-17H,8-9H2,1-3H3. The number of non-ortho nitro benzene ring substituents is 1. The molecule has 23 heavy (non-hydrogen) atoms. The summed E-state index contributed by atoms with van der Waals surface area (Å²) in [6.07, 6.45) is 6.36. The van der Waals surface area contributed by atoms with Gasteiger partial charge in [-0.05, 0) is 38.3 Å². The number of aliphatic imine (C=N–C) groups is 1. The van der Waals surface area contributed by atoms with Gasteiger partial charge in [-0.1, -0.05) is 29.4 Å². The van der Waals surface area contributed by atoms with Gasteiger partial charge in [0, 0.05) is 36.1 Å². The summed E-state index contributed by atoms with van der Waals surface area (Å²) in [5.74, 6) is 0.811. The number of hydrogen-bond donors (Lipinski definition) is 0. The van der Waals surface area contributed by atoms with Crippen molar-refractivity contribution in [1.82, 2.24) is 0 Å². The second kappa shape index (κ2) is 4.63. The van der Waals surface area contributed by atoms with E-state index in [1.165, 1.54) is 22.4 Å². The summed E-state index contributed by atoms with van der Waals surface area (Å²) in [6.45, 7) is 6.50. The molecule has 3 aliphatic rings. The van der Waals surface area contributed by atoms with Gasteiger partial charge in [-0.3, -0.25) is 15.1 Å². The molecule has 1 saturated carbocycles. The molecule has 118 valence electrons. The van der Waals surface area contributed by atoms with Crippen molar-refractivity contribution in [2.24, 2.45) is 10.9 Å². The third-order valence-corrected chi connectivity index (χ3v) is 5.27. The molecule has 4 heteroatoms. The Labute approximate surface area is 135 Å². The molecule has 2 unspecified atom stereocenters. The first kappa shape index (κ1) is 14.4. The Balaban J connectivity index is 1.74. The molecule has 0 spiro atoms. The number of dihydropyridines is 1. The van der Waals surface area contributed by atoms with E-state index in [0.29, 0.717) is 11.8 Å². The lowest BCUT2D eigenvalue weighted by Crippen LogP contribution is -2.33. The fourth-order valence-electron chi connectivity index (χ4n) is 4.40. The molecule has 0 N–H and O–H groups in total. The monoisotopic (exact) mass is 308 g/mol. The number of nitro benzene ring substituents is 1. The predicted octanol–water partition coefficient (Wildman–Crippen LogP) is 4.66. The van der Waals surface area contributed by atoms with E-state index in [9.17, 15) is 10.1 Å². The van der Waals surface area contributed by atoms with Gasteiger partial charge in [-0.25, -0.2) is 0 Å². The van der Waals surface area contributed by atoms with E-state index in [2.05, 4.69) is 32.9 Å². The Morgan fingerprint density at radius 3 is 2.83 bits per heavy atom. The van der Waals surface area contributed by atoms with E-state index in [1.54, 1.807) is 12.1 Å². The highest BCUT2D eigenvalue weighted by molar-refractivity contribution is 5.96. The molecule has 0 saturated heterocycles. The number of fused-ring (bicyclic) bond motifs is 4. The average molecular weight is 308 g/mol. The smallest absolute Gasteiger partial charge is 0.270 e. The second-order valence-electron chi connectivity index (χ2n) is 7.45. The Hall–Kier alpha value is -2.23. The third kappa shape index (κ3) is 2.24. The molecule has 4 nitrogen and oxygen atoms in total. The topological polar surface area (TPSA) is 55.5 Å². The van der Waals surface area contributed by atoms with E-state index < -0.39 is 0 Å². The molecule has 4 rings (SSSR count). The lowest BCUT2D eigenvalue weighted by atomic mass is 9.71. The molecule has 2 atom stereocenters. The van der Waals surface area contributed by atoms with Crippen LogP contribution in [0.15, 0.2) is 40.4 Å². The van der Waals surface area contributed by atoms with Gasteiger partial charge in [-0.2, -0.15) is 0 Å². The minimum Gasteiger partial charge on any atom is -0.283 e. The van der Waals surface area contributed by atoms with Crippen LogP contribution in [0.3, 0.4) is 0 Å². The number of nitrogens with zero attached hydrogens (tertiary/aromatic N) is 2. The zero-order valence-electron chi connectivity index (χ0n) is 13.7. The van der Waals surface area contributed by atoms with Crippen LogP contribution < -0.4 is 0 Å². The van der Waals surface area contributed by atoms with Gasteiger partial charge >= 0.3 is 0 Å². The number of allylic oxidation sites excluding steroid dienone is 2. The second-order valence-corrected chi connectivity index (χ2v) is 7.45. The maximum Gasteiger partial charge on any atom is 0.270 e. The largest absolute Gasteiger partial charge is 0.283 e. The minimum absolute atomic E-state index is 0.118. The van der Waals surface area contributed by atoms with Crippen LogP contribution >= 0.6 is 0 Å². The van der Waals surface area contributed by atoms with Crippen LogP contribution in [0.2, 0.25) is 0 Å². The number of hydrogen-bond acceptors (Lipinski definition) is 3. The zero-order valence-corrected chi connectivity index (χ0v) is 13.7. The van der Waals surface area contributed by atoms with Gasteiger partial charge < -0.3 is 0 Å². The summed E-state index contributed by atoms with van der Waals surface area (Å²) >= 11 is 0. The highest BCUT2D eigenvalue weighted by Gasteiger charge is 2.39. The molecule has 1 heterocycles. The van der Waals surface area contributed by atoms with Crippen LogP contribution in [-0.2, 0) is 0 Å². The maximum atomic E-state index is 11.0. The molecule has 1 fully saturated rings. The number of nitro groups is 1. The molecule has 1 aromatic carbocycles. The van der Waals surface area contributed by atoms with Gasteiger partial charge in [0.1, 0.15) is 0 Å². The van der Waals surface area contributed by atoms with Gasteiger partial charge in [0.05, 0.1) is 10.5 Å². The average Bonchev–Trinajstić information content (AvgIpc) is 2.80. The van der Waals surface area contributed by atoms with E-state index in [-0.39, 0.29) is 16.1 Å². The molecule has 1 aliphatic heterocycles. The molecule has 0 bridgehead atoms. The predicted molar refractivity (Wildman–Crippen MR) is 91.8 cm³/mol. The van der Waals surface area contributed by atoms with Crippen molar-refractivity contribution in [3.05, 3.63) is 56.7 Å². The zero-order chi connectivity index (χ0) is 16.4. The van der Waals surface area contributed by atoms with Crippen LogP contribution in [0, 0.1) is 16.0 Å². The molecular weight excluding hydrogens is 288 g/mol. The van der Waals surface area contributed by atoms with Crippen molar-refractivity contribution in [3.63, 3.8) is 0 Å². The Kier molecular flexibility index (Phi) is 2.89. The Bertz CT molecular complexity index is 815. The first-order chi connectivity index (χ1) is 10.8.